The zero-order chi connectivity index (χ0) is 14.2. The summed E-state index contributed by atoms with van der Waals surface area (Å²) in [7, 11) is 1.66. The second-order valence-electron chi connectivity index (χ2n) is 4.47. The van der Waals surface area contributed by atoms with Gasteiger partial charge in [0.1, 0.15) is 13.2 Å². The Morgan fingerprint density at radius 3 is 2.95 bits per heavy atom. The fourth-order valence-electron chi connectivity index (χ4n) is 1.81. The number of aliphatic hydroxyl groups excluding tert-OH is 1. The molecule has 1 aromatic carbocycles. The van der Waals surface area contributed by atoms with E-state index in [2.05, 4.69) is 5.32 Å². The van der Waals surface area contributed by atoms with E-state index in [9.17, 15) is 5.11 Å². The van der Waals surface area contributed by atoms with Crippen LogP contribution in [0.5, 0.6) is 11.5 Å². The molecule has 20 heavy (non-hydrogen) atoms. The minimum atomic E-state index is -0.384. The highest BCUT2D eigenvalue weighted by molar-refractivity contribution is 7.99. The molecule has 0 aromatic heterocycles. The Balaban J connectivity index is 1.73. The first-order valence-corrected chi connectivity index (χ1v) is 7.68. The van der Waals surface area contributed by atoms with Gasteiger partial charge in [-0.15, -0.1) is 11.8 Å². The van der Waals surface area contributed by atoms with E-state index >= 15 is 0 Å². The molecular formula is C14H21NO4S. The molecule has 2 rings (SSSR count). The van der Waals surface area contributed by atoms with Gasteiger partial charge in [0.15, 0.2) is 11.5 Å². The van der Waals surface area contributed by atoms with Crippen LogP contribution in [0.1, 0.15) is 0 Å². The SMILES string of the molecule is COCCNCC(O)CSc1ccc2c(c1)OCCO2. The van der Waals surface area contributed by atoms with Crippen molar-refractivity contribution in [3.63, 3.8) is 0 Å². The van der Waals surface area contributed by atoms with Crippen LogP contribution in [0.2, 0.25) is 0 Å². The number of hydrogen-bond acceptors (Lipinski definition) is 6. The van der Waals surface area contributed by atoms with E-state index < -0.39 is 0 Å². The Morgan fingerprint density at radius 2 is 2.15 bits per heavy atom. The number of methoxy groups -OCH3 is 1. The van der Waals surface area contributed by atoms with Crippen molar-refractivity contribution in [2.45, 2.75) is 11.0 Å². The molecule has 1 heterocycles. The van der Waals surface area contributed by atoms with Gasteiger partial charge < -0.3 is 24.6 Å². The van der Waals surface area contributed by atoms with Crippen LogP contribution in [-0.4, -0.2) is 57.0 Å². The summed E-state index contributed by atoms with van der Waals surface area (Å²) in [4.78, 5) is 1.07. The summed E-state index contributed by atoms with van der Waals surface area (Å²) < 4.78 is 15.9. The first-order chi connectivity index (χ1) is 9.79. The van der Waals surface area contributed by atoms with Crippen molar-refractivity contribution in [2.24, 2.45) is 0 Å². The van der Waals surface area contributed by atoms with Gasteiger partial charge >= 0.3 is 0 Å². The average molecular weight is 299 g/mol. The molecular weight excluding hydrogens is 278 g/mol. The van der Waals surface area contributed by atoms with Crippen molar-refractivity contribution in [1.82, 2.24) is 5.32 Å². The van der Waals surface area contributed by atoms with Crippen molar-refractivity contribution < 1.29 is 19.3 Å². The fourth-order valence-corrected chi connectivity index (χ4v) is 2.67. The van der Waals surface area contributed by atoms with Gasteiger partial charge in [-0.05, 0) is 18.2 Å². The predicted molar refractivity (Wildman–Crippen MR) is 78.9 cm³/mol. The van der Waals surface area contributed by atoms with Crippen LogP contribution in [0.4, 0.5) is 0 Å². The lowest BCUT2D eigenvalue weighted by atomic mass is 10.3. The van der Waals surface area contributed by atoms with Gasteiger partial charge in [0, 0.05) is 30.8 Å². The summed E-state index contributed by atoms with van der Waals surface area (Å²) in [5.74, 6) is 2.22. The van der Waals surface area contributed by atoms with E-state index in [4.69, 9.17) is 14.2 Å². The number of ether oxygens (including phenoxy) is 3. The van der Waals surface area contributed by atoms with E-state index in [1.165, 1.54) is 0 Å². The highest BCUT2D eigenvalue weighted by Gasteiger charge is 2.12. The number of thioether (sulfide) groups is 1. The Labute approximate surface area is 123 Å². The molecule has 2 N–H and O–H groups in total. The van der Waals surface area contributed by atoms with Crippen LogP contribution in [-0.2, 0) is 4.74 Å². The topological polar surface area (TPSA) is 60.0 Å². The second kappa shape index (κ2) is 8.36. The maximum atomic E-state index is 9.87. The largest absolute Gasteiger partial charge is 0.486 e. The summed E-state index contributed by atoms with van der Waals surface area (Å²) in [5, 5.41) is 13.0. The van der Waals surface area contributed by atoms with Crippen molar-refractivity contribution in [3.05, 3.63) is 18.2 Å². The smallest absolute Gasteiger partial charge is 0.162 e. The van der Waals surface area contributed by atoms with Crippen LogP contribution in [0.3, 0.4) is 0 Å². The zero-order valence-corrected chi connectivity index (χ0v) is 12.4. The third kappa shape index (κ3) is 4.86. The Bertz CT molecular complexity index is 416. The molecule has 0 fully saturated rings. The molecule has 1 atom stereocenters. The Morgan fingerprint density at radius 1 is 1.35 bits per heavy atom. The van der Waals surface area contributed by atoms with E-state index in [0.717, 1.165) is 22.9 Å². The second-order valence-corrected chi connectivity index (χ2v) is 5.56. The minimum Gasteiger partial charge on any atom is -0.486 e. The molecule has 6 heteroatoms. The van der Waals surface area contributed by atoms with Crippen LogP contribution in [0, 0.1) is 0 Å². The number of hydrogen-bond donors (Lipinski definition) is 2. The van der Waals surface area contributed by atoms with Gasteiger partial charge in [0.05, 0.1) is 12.7 Å². The molecule has 0 saturated heterocycles. The number of rotatable bonds is 8. The van der Waals surface area contributed by atoms with Gasteiger partial charge in [-0.3, -0.25) is 0 Å². The number of fused-ring (bicyclic) bond motifs is 1. The number of aliphatic hydroxyl groups is 1. The van der Waals surface area contributed by atoms with Gasteiger partial charge in [-0.25, -0.2) is 0 Å². The first kappa shape index (κ1) is 15.4. The highest BCUT2D eigenvalue weighted by atomic mass is 32.2. The lowest BCUT2D eigenvalue weighted by Crippen LogP contribution is -2.30. The fraction of sp³-hybridized carbons (Fsp3) is 0.571. The van der Waals surface area contributed by atoms with E-state index in [0.29, 0.717) is 32.1 Å². The van der Waals surface area contributed by atoms with E-state index in [1.54, 1.807) is 18.9 Å². The third-order valence-electron chi connectivity index (χ3n) is 2.82. The maximum absolute atomic E-state index is 9.87. The summed E-state index contributed by atoms with van der Waals surface area (Å²) >= 11 is 1.61. The Kier molecular flexibility index (Phi) is 6.46. The number of nitrogens with one attached hydrogen (secondary N) is 1. The molecule has 0 bridgehead atoms. The molecule has 0 saturated carbocycles. The molecule has 5 nitrogen and oxygen atoms in total. The zero-order valence-electron chi connectivity index (χ0n) is 11.6. The first-order valence-electron chi connectivity index (χ1n) is 6.70. The third-order valence-corrected chi connectivity index (χ3v) is 3.96. The minimum absolute atomic E-state index is 0.384. The van der Waals surface area contributed by atoms with Gasteiger partial charge in [0.25, 0.3) is 0 Å². The summed E-state index contributed by atoms with van der Waals surface area (Å²) in [6.07, 6.45) is -0.384. The Hall–Kier alpha value is -0.950. The standard InChI is InChI=1S/C14H21NO4S/c1-17-5-4-15-9-11(16)10-20-12-2-3-13-14(8-12)19-7-6-18-13/h2-3,8,11,15-16H,4-7,9-10H2,1H3. The van der Waals surface area contributed by atoms with Gasteiger partial charge in [0.2, 0.25) is 0 Å². The molecule has 112 valence electrons. The highest BCUT2D eigenvalue weighted by Crippen LogP contribution is 2.34. The monoisotopic (exact) mass is 299 g/mol. The van der Waals surface area contributed by atoms with Crippen LogP contribution >= 0.6 is 11.8 Å². The van der Waals surface area contributed by atoms with Gasteiger partial charge in [-0.2, -0.15) is 0 Å². The molecule has 1 aliphatic heterocycles. The average Bonchev–Trinajstić information content (AvgIpc) is 2.49. The molecule has 0 spiro atoms. The molecule has 0 amide bonds. The number of benzene rings is 1. The molecule has 1 aromatic rings. The lowest BCUT2D eigenvalue weighted by molar-refractivity contribution is 0.171. The van der Waals surface area contributed by atoms with Gasteiger partial charge in [-0.1, -0.05) is 0 Å². The predicted octanol–water partition coefficient (Wildman–Crippen LogP) is 1.15. The van der Waals surface area contributed by atoms with Crippen molar-refractivity contribution in [3.8, 4) is 11.5 Å². The van der Waals surface area contributed by atoms with Crippen molar-refractivity contribution >= 4 is 11.8 Å². The summed E-state index contributed by atoms with van der Waals surface area (Å²) in [6.45, 7) is 3.17. The quantitative estimate of drug-likeness (QED) is 0.555. The molecule has 1 unspecified atom stereocenters. The lowest BCUT2D eigenvalue weighted by Gasteiger charge is -2.19. The summed E-state index contributed by atoms with van der Waals surface area (Å²) in [5.41, 5.74) is 0. The van der Waals surface area contributed by atoms with Crippen LogP contribution < -0.4 is 14.8 Å². The van der Waals surface area contributed by atoms with Crippen molar-refractivity contribution in [1.29, 1.82) is 0 Å². The van der Waals surface area contributed by atoms with Crippen molar-refractivity contribution in [2.75, 3.05) is 45.8 Å². The summed E-state index contributed by atoms with van der Waals surface area (Å²) in [6, 6.07) is 5.87. The molecule has 0 radical (unpaired) electrons. The maximum Gasteiger partial charge on any atom is 0.162 e. The van der Waals surface area contributed by atoms with Crippen LogP contribution in [0.15, 0.2) is 23.1 Å². The van der Waals surface area contributed by atoms with E-state index in [-0.39, 0.29) is 6.10 Å². The normalized spacial score (nSPS) is 15.1. The molecule has 0 aliphatic carbocycles. The van der Waals surface area contributed by atoms with Crippen LogP contribution in [0.25, 0.3) is 0 Å². The molecule has 1 aliphatic rings. The van der Waals surface area contributed by atoms with E-state index in [1.807, 2.05) is 18.2 Å².